The number of carbonyl (C=O) groups is 1. The van der Waals surface area contributed by atoms with Crippen LogP contribution in [-0.4, -0.2) is 57.8 Å². The zero-order valence-corrected chi connectivity index (χ0v) is 22.9. The van der Waals surface area contributed by atoms with E-state index < -0.39 is 0 Å². The third-order valence-corrected chi connectivity index (χ3v) is 7.08. The SMILES string of the molecule is CC(C)(C)[C@H](c1nc(-c2ccccc2)cn1Cc1ccccc1)N(CCCN)C(=O)ON1CCC[C@@H]1CN. The summed E-state index contributed by atoms with van der Waals surface area (Å²) >= 11 is 0. The van der Waals surface area contributed by atoms with Gasteiger partial charge < -0.3 is 20.9 Å². The predicted octanol–water partition coefficient (Wildman–Crippen LogP) is 4.81. The highest BCUT2D eigenvalue weighted by molar-refractivity contribution is 5.68. The van der Waals surface area contributed by atoms with Gasteiger partial charge in [0.15, 0.2) is 0 Å². The first-order chi connectivity index (χ1) is 18.3. The van der Waals surface area contributed by atoms with Crippen molar-refractivity contribution < 1.29 is 9.63 Å². The number of amides is 1. The Balaban J connectivity index is 1.77. The summed E-state index contributed by atoms with van der Waals surface area (Å²) < 4.78 is 2.18. The first kappa shape index (κ1) is 27.8. The molecule has 2 atom stereocenters. The lowest BCUT2D eigenvalue weighted by atomic mass is 9.84. The molecule has 1 fully saturated rings. The summed E-state index contributed by atoms with van der Waals surface area (Å²) in [5.41, 5.74) is 14.6. The summed E-state index contributed by atoms with van der Waals surface area (Å²) in [5.74, 6) is 0.825. The zero-order valence-electron chi connectivity index (χ0n) is 22.9. The van der Waals surface area contributed by atoms with Crippen LogP contribution in [0, 0.1) is 5.41 Å². The smallest absolute Gasteiger partial charge is 0.351 e. The van der Waals surface area contributed by atoms with Gasteiger partial charge >= 0.3 is 6.09 Å². The molecule has 0 spiro atoms. The summed E-state index contributed by atoms with van der Waals surface area (Å²) in [5, 5.41) is 1.75. The molecule has 1 aliphatic heterocycles. The fourth-order valence-electron chi connectivity index (χ4n) is 5.20. The molecule has 2 aromatic carbocycles. The third kappa shape index (κ3) is 6.62. The minimum absolute atomic E-state index is 0.0492. The molecule has 1 amide bonds. The van der Waals surface area contributed by atoms with Crippen LogP contribution in [0.5, 0.6) is 0 Å². The van der Waals surface area contributed by atoms with Crippen LogP contribution in [0.25, 0.3) is 11.3 Å². The molecule has 2 heterocycles. The zero-order chi connectivity index (χ0) is 27.1. The number of nitrogens with zero attached hydrogens (tertiary/aromatic N) is 4. The summed E-state index contributed by atoms with van der Waals surface area (Å²) in [4.78, 5) is 26.8. The Bertz CT molecular complexity index is 1160. The molecule has 0 aliphatic carbocycles. The normalized spacial score (nSPS) is 16.9. The van der Waals surface area contributed by atoms with Gasteiger partial charge in [0, 0.05) is 37.9 Å². The third-order valence-electron chi connectivity index (χ3n) is 7.08. The van der Waals surface area contributed by atoms with Crippen molar-refractivity contribution in [2.45, 2.75) is 58.7 Å². The summed E-state index contributed by atoms with van der Waals surface area (Å²) in [7, 11) is 0. The van der Waals surface area contributed by atoms with Crippen molar-refractivity contribution in [3.63, 3.8) is 0 Å². The van der Waals surface area contributed by atoms with E-state index >= 15 is 0 Å². The number of rotatable bonds is 10. The number of imidazole rings is 1. The van der Waals surface area contributed by atoms with Crippen molar-refractivity contribution in [2.75, 3.05) is 26.2 Å². The number of nitrogens with two attached hydrogens (primary N) is 2. The number of aromatic nitrogens is 2. The average molecular weight is 519 g/mol. The molecule has 8 heteroatoms. The second-order valence-corrected chi connectivity index (χ2v) is 11.1. The van der Waals surface area contributed by atoms with Gasteiger partial charge in [0.05, 0.1) is 17.8 Å². The lowest BCUT2D eigenvalue weighted by molar-refractivity contribution is -0.126. The molecular weight excluding hydrogens is 476 g/mol. The fraction of sp³-hybridized carbons (Fsp3) is 0.467. The van der Waals surface area contributed by atoms with E-state index in [1.165, 1.54) is 0 Å². The lowest BCUT2D eigenvalue weighted by Crippen LogP contribution is -2.47. The molecule has 38 heavy (non-hydrogen) atoms. The van der Waals surface area contributed by atoms with Gasteiger partial charge in [-0.05, 0) is 36.8 Å². The van der Waals surface area contributed by atoms with E-state index in [0.29, 0.717) is 39.1 Å². The molecule has 4 N–H and O–H groups in total. The first-order valence-electron chi connectivity index (χ1n) is 13.6. The van der Waals surface area contributed by atoms with Gasteiger partial charge in [-0.3, -0.25) is 4.90 Å². The molecule has 1 aliphatic rings. The molecule has 1 saturated heterocycles. The number of hydroxylamine groups is 2. The first-order valence-corrected chi connectivity index (χ1v) is 13.6. The lowest BCUT2D eigenvalue weighted by Gasteiger charge is -2.40. The fourth-order valence-corrected chi connectivity index (χ4v) is 5.20. The molecular formula is C30H42N6O2. The van der Waals surface area contributed by atoms with Crippen molar-refractivity contribution in [1.29, 1.82) is 0 Å². The van der Waals surface area contributed by atoms with Gasteiger partial charge in [-0.15, -0.1) is 5.06 Å². The number of carbonyl (C=O) groups excluding carboxylic acids is 1. The average Bonchev–Trinajstić information content (AvgIpc) is 3.53. The van der Waals surface area contributed by atoms with Crippen LogP contribution in [-0.2, 0) is 11.4 Å². The molecule has 0 unspecified atom stereocenters. The van der Waals surface area contributed by atoms with Crippen molar-refractivity contribution in [1.82, 2.24) is 19.5 Å². The maximum Gasteiger partial charge on any atom is 0.429 e. The van der Waals surface area contributed by atoms with Gasteiger partial charge in [0.2, 0.25) is 0 Å². The Kier molecular flexibility index (Phi) is 9.20. The van der Waals surface area contributed by atoms with Crippen LogP contribution in [0.3, 0.4) is 0 Å². The molecule has 4 rings (SSSR count). The second kappa shape index (κ2) is 12.6. The van der Waals surface area contributed by atoms with Crippen LogP contribution in [0.2, 0.25) is 0 Å². The van der Waals surface area contributed by atoms with Gasteiger partial charge in [-0.1, -0.05) is 81.4 Å². The quantitative estimate of drug-likeness (QED) is 0.399. The topological polar surface area (TPSA) is 103 Å². The highest BCUT2D eigenvalue weighted by Crippen LogP contribution is 2.39. The standard InChI is InChI=1S/C30H42N6O2/c1-30(2,3)27(35(18-11-17-31)29(37)38-36-19-10-16-25(36)20-32)28-33-26(24-14-8-5-9-15-24)22-34(28)21-23-12-6-4-7-13-23/h4-9,12-15,22,25,27H,10-11,16-21,31-32H2,1-3H3/t25-,27+/m1/s1. The maximum absolute atomic E-state index is 13.8. The number of hydrogen-bond donors (Lipinski definition) is 2. The van der Waals surface area contributed by atoms with E-state index in [1.54, 1.807) is 5.06 Å². The number of benzene rings is 2. The maximum atomic E-state index is 13.8. The molecule has 0 saturated carbocycles. The van der Waals surface area contributed by atoms with E-state index in [2.05, 4.69) is 55.8 Å². The Morgan fingerprint density at radius 1 is 1.11 bits per heavy atom. The van der Waals surface area contributed by atoms with Crippen molar-refractivity contribution in [3.8, 4) is 11.3 Å². The van der Waals surface area contributed by atoms with Gasteiger partial charge in [-0.2, -0.15) is 0 Å². The monoisotopic (exact) mass is 518 g/mol. The Morgan fingerprint density at radius 3 is 2.42 bits per heavy atom. The van der Waals surface area contributed by atoms with Gasteiger partial charge in [-0.25, -0.2) is 9.78 Å². The Morgan fingerprint density at radius 2 is 1.79 bits per heavy atom. The molecule has 8 nitrogen and oxygen atoms in total. The van der Waals surface area contributed by atoms with Crippen LogP contribution >= 0.6 is 0 Å². The summed E-state index contributed by atoms with van der Waals surface area (Å²) in [6.45, 7) is 9.17. The Hall–Kier alpha value is -3.20. The minimum Gasteiger partial charge on any atom is -0.351 e. The second-order valence-electron chi connectivity index (χ2n) is 11.1. The van der Waals surface area contributed by atoms with Gasteiger partial charge in [0.1, 0.15) is 5.82 Å². The summed E-state index contributed by atoms with van der Waals surface area (Å²) in [6, 6.07) is 20.2. The minimum atomic E-state index is -0.380. The van der Waals surface area contributed by atoms with Crippen LogP contribution in [0.15, 0.2) is 66.9 Å². The highest BCUT2D eigenvalue weighted by Gasteiger charge is 2.40. The molecule has 204 valence electrons. The van der Waals surface area contributed by atoms with Gasteiger partial charge in [0.25, 0.3) is 0 Å². The van der Waals surface area contributed by atoms with Crippen molar-refractivity contribution in [3.05, 3.63) is 78.2 Å². The van der Waals surface area contributed by atoms with Crippen LogP contribution < -0.4 is 11.5 Å². The Labute approximate surface area is 226 Å². The predicted molar refractivity (Wildman–Crippen MR) is 151 cm³/mol. The molecule has 0 bridgehead atoms. The molecule has 3 aromatic rings. The van der Waals surface area contributed by atoms with E-state index in [-0.39, 0.29) is 23.6 Å². The van der Waals surface area contributed by atoms with Crippen molar-refractivity contribution >= 4 is 6.09 Å². The van der Waals surface area contributed by atoms with Crippen LogP contribution in [0.4, 0.5) is 4.79 Å². The molecule has 0 radical (unpaired) electrons. The van der Waals surface area contributed by atoms with E-state index in [1.807, 2.05) is 41.3 Å². The van der Waals surface area contributed by atoms with Crippen LogP contribution in [0.1, 0.15) is 57.5 Å². The largest absolute Gasteiger partial charge is 0.429 e. The van der Waals surface area contributed by atoms with E-state index in [0.717, 1.165) is 35.5 Å². The van der Waals surface area contributed by atoms with E-state index in [9.17, 15) is 4.79 Å². The highest BCUT2D eigenvalue weighted by atomic mass is 16.7. The molecule has 1 aromatic heterocycles. The van der Waals surface area contributed by atoms with E-state index in [4.69, 9.17) is 21.3 Å². The number of hydrogen-bond acceptors (Lipinski definition) is 6. The summed E-state index contributed by atoms with van der Waals surface area (Å²) in [6.07, 6.45) is 4.26. The van der Waals surface area contributed by atoms with Crippen molar-refractivity contribution in [2.24, 2.45) is 16.9 Å².